The Hall–Kier alpha value is -1.88. The van der Waals surface area contributed by atoms with Gasteiger partial charge in [-0.3, -0.25) is 14.5 Å². The number of nitrogens with zero attached hydrogens (tertiary/aromatic N) is 1. The van der Waals surface area contributed by atoms with E-state index < -0.39 is 12.0 Å². The lowest BCUT2D eigenvalue weighted by Crippen LogP contribution is -2.49. The Balaban J connectivity index is 2.23. The number of carbonyl (C=O) groups is 2. The van der Waals surface area contributed by atoms with E-state index in [-0.39, 0.29) is 12.5 Å². The first-order valence-electron chi connectivity index (χ1n) is 5.86. The highest BCUT2D eigenvalue weighted by atomic mass is 16.4. The lowest BCUT2D eigenvalue weighted by Gasteiger charge is -2.33. The zero-order valence-electron chi connectivity index (χ0n) is 10.2. The molecule has 18 heavy (non-hydrogen) atoms. The van der Waals surface area contributed by atoms with Crippen molar-refractivity contribution in [1.29, 1.82) is 0 Å². The number of benzene rings is 1. The highest BCUT2D eigenvalue weighted by Crippen LogP contribution is 2.23. The van der Waals surface area contributed by atoms with Gasteiger partial charge in [0, 0.05) is 13.6 Å². The molecule has 0 saturated heterocycles. The second-order valence-electron chi connectivity index (χ2n) is 4.41. The fourth-order valence-corrected chi connectivity index (χ4v) is 2.25. The molecule has 1 aromatic rings. The lowest BCUT2D eigenvalue weighted by molar-refractivity contribution is -0.144. The van der Waals surface area contributed by atoms with E-state index in [4.69, 9.17) is 0 Å². The predicted molar refractivity (Wildman–Crippen MR) is 66.0 cm³/mol. The molecule has 0 bridgehead atoms. The molecule has 0 spiro atoms. The van der Waals surface area contributed by atoms with Crippen LogP contribution in [0.1, 0.15) is 11.1 Å². The van der Waals surface area contributed by atoms with Gasteiger partial charge in [0.25, 0.3) is 0 Å². The van der Waals surface area contributed by atoms with Gasteiger partial charge in [-0.25, -0.2) is 0 Å². The maximum absolute atomic E-state index is 11.4. The van der Waals surface area contributed by atoms with E-state index in [0.717, 1.165) is 11.1 Å². The zero-order valence-corrected chi connectivity index (χ0v) is 10.2. The van der Waals surface area contributed by atoms with E-state index in [9.17, 15) is 14.7 Å². The van der Waals surface area contributed by atoms with Crippen LogP contribution in [0.3, 0.4) is 0 Å². The third-order valence-electron chi connectivity index (χ3n) is 3.26. The summed E-state index contributed by atoms with van der Waals surface area (Å²) in [7, 11) is 1.55. The van der Waals surface area contributed by atoms with E-state index in [2.05, 4.69) is 5.32 Å². The monoisotopic (exact) mass is 248 g/mol. The van der Waals surface area contributed by atoms with Crippen molar-refractivity contribution in [1.82, 2.24) is 10.2 Å². The summed E-state index contributed by atoms with van der Waals surface area (Å²) in [5.74, 6) is -1.05. The summed E-state index contributed by atoms with van der Waals surface area (Å²) in [4.78, 5) is 24.4. The Labute approximate surface area is 105 Å². The Morgan fingerprint density at radius 2 is 2.06 bits per heavy atom. The number of hydrogen-bond acceptors (Lipinski definition) is 3. The van der Waals surface area contributed by atoms with Crippen LogP contribution in [0.25, 0.3) is 0 Å². The Kier molecular flexibility index (Phi) is 3.62. The van der Waals surface area contributed by atoms with E-state index in [1.165, 1.54) is 0 Å². The van der Waals surface area contributed by atoms with Crippen LogP contribution < -0.4 is 5.32 Å². The summed E-state index contributed by atoms with van der Waals surface area (Å²) in [5, 5.41) is 11.8. The van der Waals surface area contributed by atoms with Crippen LogP contribution in [0.5, 0.6) is 0 Å². The molecule has 0 unspecified atom stereocenters. The molecule has 0 radical (unpaired) electrons. The van der Waals surface area contributed by atoms with E-state index >= 15 is 0 Å². The summed E-state index contributed by atoms with van der Waals surface area (Å²) in [6.45, 7) is 0.613. The molecule has 0 aromatic heterocycles. The molecule has 1 heterocycles. The van der Waals surface area contributed by atoms with Crippen molar-refractivity contribution in [3.05, 3.63) is 35.4 Å². The predicted octanol–water partition coefficient (Wildman–Crippen LogP) is 0.244. The summed E-state index contributed by atoms with van der Waals surface area (Å²) < 4.78 is 0. The van der Waals surface area contributed by atoms with Crippen LogP contribution in [0.4, 0.5) is 0 Å². The summed E-state index contributed by atoms with van der Waals surface area (Å²) in [6, 6.07) is 7.13. The number of carboxylic acids is 1. The van der Waals surface area contributed by atoms with Gasteiger partial charge >= 0.3 is 5.97 Å². The second-order valence-corrected chi connectivity index (χ2v) is 4.41. The number of rotatable bonds is 3. The number of carbonyl (C=O) groups excluding carboxylic acids is 1. The first-order chi connectivity index (χ1) is 8.61. The molecule has 0 fully saturated rings. The molecule has 1 aromatic carbocycles. The number of likely N-dealkylation sites (N-methyl/N-ethyl adjacent to an activating group) is 1. The van der Waals surface area contributed by atoms with Gasteiger partial charge in [-0.05, 0) is 17.5 Å². The van der Waals surface area contributed by atoms with Gasteiger partial charge in [0.2, 0.25) is 5.91 Å². The van der Waals surface area contributed by atoms with Crippen molar-refractivity contribution in [2.24, 2.45) is 0 Å². The number of hydrogen-bond donors (Lipinski definition) is 2. The van der Waals surface area contributed by atoms with E-state index in [0.29, 0.717) is 13.0 Å². The topological polar surface area (TPSA) is 69.6 Å². The maximum Gasteiger partial charge on any atom is 0.321 e. The van der Waals surface area contributed by atoms with Crippen LogP contribution in [0.2, 0.25) is 0 Å². The molecule has 1 aliphatic rings. The normalized spacial score (nSPS) is 19.1. The molecule has 1 amide bonds. The van der Waals surface area contributed by atoms with Crippen molar-refractivity contribution >= 4 is 11.9 Å². The average molecular weight is 248 g/mol. The fraction of sp³-hybridized carbons (Fsp3) is 0.385. The molecule has 0 aliphatic carbocycles. The summed E-state index contributed by atoms with van der Waals surface area (Å²) in [5.41, 5.74) is 2.15. The van der Waals surface area contributed by atoms with Crippen LogP contribution in [-0.2, 0) is 22.6 Å². The summed E-state index contributed by atoms with van der Waals surface area (Å²) >= 11 is 0. The van der Waals surface area contributed by atoms with Crippen molar-refractivity contribution in [2.75, 3.05) is 13.6 Å². The van der Waals surface area contributed by atoms with E-state index in [1.54, 1.807) is 11.9 Å². The smallest absolute Gasteiger partial charge is 0.321 e. The Morgan fingerprint density at radius 1 is 1.39 bits per heavy atom. The molecule has 0 saturated carbocycles. The van der Waals surface area contributed by atoms with Crippen molar-refractivity contribution in [3.63, 3.8) is 0 Å². The first-order valence-corrected chi connectivity index (χ1v) is 5.86. The van der Waals surface area contributed by atoms with Crippen LogP contribution in [-0.4, -0.2) is 41.5 Å². The van der Waals surface area contributed by atoms with Gasteiger partial charge in [-0.15, -0.1) is 0 Å². The Morgan fingerprint density at radius 3 is 2.67 bits per heavy atom. The maximum atomic E-state index is 11.4. The minimum absolute atomic E-state index is 0.113. The SMILES string of the molecule is CNC(=O)CN1Cc2ccccc2C[C@H]1C(=O)O. The standard InChI is InChI=1S/C13H16N2O3/c1-14-12(16)8-15-7-10-5-3-2-4-9(10)6-11(15)13(17)18/h2-5,11H,6-8H2,1H3,(H,14,16)(H,17,18)/t11-/m0/s1. The third kappa shape index (κ3) is 2.51. The number of amides is 1. The van der Waals surface area contributed by atoms with Gasteiger partial charge in [0.1, 0.15) is 6.04 Å². The summed E-state index contributed by atoms with van der Waals surface area (Å²) in [6.07, 6.45) is 0.447. The molecule has 1 aliphatic heterocycles. The van der Waals surface area contributed by atoms with Crippen LogP contribution in [0.15, 0.2) is 24.3 Å². The van der Waals surface area contributed by atoms with Crippen molar-refractivity contribution < 1.29 is 14.7 Å². The highest BCUT2D eigenvalue weighted by molar-refractivity contribution is 5.80. The molecule has 2 rings (SSSR count). The highest BCUT2D eigenvalue weighted by Gasteiger charge is 2.32. The molecule has 96 valence electrons. The van der Waals surface area contributed by atoms with Crippen molar-refractivity contribution in [3.8, 4) is 0 Å². The fourth-order valence-electron chi connectivity index (χ4n) is 2.25. The van der Waals surface area contributed by atoms with Gasteiger partial charge in [-0.2, -0.15) is 0 Å². The van der Waals surface area contributed by atoms with Crippen LogP contribution >= 0.6 is 0 Å². The second kappa shape index (κ2) is 5.18. The van der Waals surface area contributed by atoms with Gasteiger partial charge < -0.3 is 10.4 Å². The number of fused-ring (bicyclic) bond motifs is 1. The van der Waals surface area contributed by atoms with Gasteiger partial charge in [-0.1, -0.05) is 24.3 Å². The largest absolute Gasteiger partial charge is 0.480 e. The van der Waals surface area contributed by atoms with Gasteiger partial charge in [0.05, 0.1) is 6.54 Å². The molecule has 1 atom stereocenters. The van der Waals surface area contributed by atoms with Gasteiger partial charge in [0.15, 0.2) is 0 Å². The molecular weight excluding hydrogens is 232 g/mol. The van der Waals surface area contributed by atoms with Crippen molar-refractivity contribution in [2.45, 2.75) is 19.0 Å². The molecule has 5 heteroatoms. The molecule has 2 N–H and O–H groups in total. The zero-order chi connectivity index (χ0) is 13.1. The van der Waals surface area contributed by atoms with Crippen LogP contribution in [0, 0.1) is 0 Å². The Bertz CT molecular complexity index is 473. The molecule has 5 nitrogen and oxygen atoms in total. The quantitative estimate of drug-likeness (QED) is 0.804. The number of nitrogens with one attached hydrogen (secondary N) is 1. The average Bonchev–Trinajstić information content (AvgIpc) is 2.37. The minimum Gasteiger partial charge on any atom is -0.480 e. The lowest BCUT2D eigenvalue weighted by atomic mass is 9.94. The minimum atomic E-state index is -0.881. The third-order valence-corrected chi connectivity index (χ3v) is 3.26. The number of carboxylic acid groups (broad SMARTS) is 1. The molecular formula is C13H16N2O3. The first kappa shape index (κ1) is 12.6. The van der Waals surface area contributed by atoms with E-state index in [1.807, 2.05) is 24.3 Å². The number of aliphatic carboxylic acids is 1.